The Kier molecular flexibility index (Phi) is 4.24. The normalized spacial score (nSPS) is 12.1. The number of hydrogen-bond donors (Lipinski definition) is 2. The van der Waals surface area contributed by atoms with Gasteiger partial charge < -0.3 is 19.7 Å². The van der Waals surface area contributed by atoms with Gasteiger partial charge in [0.2, 0.25) is 0 Å². The summed E-state index contributed by atoms with van der Waals surface area (Å²) < 4.78 is 9.16. The second kappa shape index (κ2) is 4.70. The van der Waals surface area contributed by atoms with Crippen LogP contribution in [0, 0.1) is 0 Å². The molecule has 0 aromatic rings. The monoisotopic (exact) mass is 162 g/mol. The lowest BCUT2D eigenvalue weighted by Gasteiger charge is -2.12. The molecule has 0 bridgehead atoms. The lowest BCUT2D eigenvalue weighted by Crippen LogP contribution is -2.21. The van der Waals surface area contributed by atoms with Gasteiger partial charge in [0.05, 0.1) is 6.26 Å². The Labute approximate surface area is 63.9 Å². The number of rotatable bonds is 4. The smallest absolute Gasteiger partial charge is 0.339 e. The Balaban J connectivity index is 4.36. The highest BCUT2D eigenvalue weighted by molar-refractivity contribution is 5.87. The average Bonchev–Trinajstić information content (AvgIpc) is 1.99. The van der Waals surface area contributed by atoms with Crippen LogP contribution in [0.3, 0.4) is 0 Å². The molecule has 5 nitrogen and oxygen atoms in total. The lowest BCUT2D eigenvalue weighted by atomic mass is 10.3. The molecule has 0 amide bonds. The second-order valence-corrected chi connectivity index (χ2v) is 1.69. The van der Waals surface area contributed by atoms with Gasteiger partial charge in [-0.2, -0.15) is 0 Å². The van der Waals surface area contributed by atoms with Crippen molar-refractivity contribution in [3.8, 4) is 0 Å². The van der Waals surface area contributed by atoms with Gasteiger partial charge in [0.1, 0.15) is 5.57 Å². The highest BCUT2D eigenvalue weighted by Gasteiger charge is 2.19. The number of carboxylic acids is 1. The number of methoxy groups -OCH3 is 2. The van der Waals surface area contributed by atoms with Crippen LogP contribution in [0.15, 0.2) is 11.8 Å². The summed E-state index contributed by atoms with van der Waals surface area (Å²) in [6.07, 6.45) is -0.586. The molecule has 0 heterocycles. The Morgan fingerprint density at radius 1 is 1.45 bits per heavy atom. The van der Waals surface area contributed by atoms with E-state index in [1.165, 1.54) is 14.2 Å². The van der Waals surface area contributed by atoms with Crippen molar-refractivity contribution >= 4 is 5.97 Å². The van der Waals surface area contributed by atoms with Crippen molar-refractivity contribution in [2.24, 2.45) is 0 Å². The Bertz CT molecular complexity index is 158. The summed E-state index contributed by atoms with van der Waals surface area (Å²) in [5, 5.41) is 16.8. The van der Waals surface area contributed by atoms with Crippen molar-refractivity contribution < 1.29 is 24.5 Å². The summed E-state index contributed by atoms with van der Waals surface area (Å²) in [5.74, 6) is -1.28. The first kappa shape index (κ1) is 9.93. The van der Waals surface area contributed by atoms with Crippen LogP contribution >= 0.6 is 0 Å². The van der Waals surface area contributed by atoms with E-state index in [1.54, 1.807) is 0 Å². The fourth-order valence-corrected chi connectivity index (χ4v) is 0.567. The largest absolute Gasteiger partial charge is 0.515 e. The molecule has 64 valence electrons. The minimum Gasteiger partial charge on any atom is -0.515 e. The molecule has 2 N–H and O–H groups in total. The number of aliphatic hydroxyl groups excluding tert-OH is 1. The molecule has 11 heavy (non-hydrogen) atoms. The van der Waals surface area contributed by atoms with E-state index < -0.39 is 12.3 Å². The Morgan fingerprint density at radius 3 is 2.00 bits per heavy atom. The molecule has 0 aliphatic rings. The van der Waals surface area contributed by atoms with Gasteiger partial charge in [-0.05, 0) is 0 Å². The molecule has 0 aliphatic carbocycles. The zero-order chi connectivity index (χ0) is 8.85. The maximum absolute atomic E-state index is 10.3. The molecule has 0 aromatic heterocycles. The molecular weight excluding hydrogens is 152 g/mol. The van der Waals surface area contributed by atoms with E-state index in [1.807, 2.05) is 0 Å². The standard InChI is InChI=1S/C6H10O5/c1-10-6(11-2)4(3-7)5(8)9/h3,6-7H,1-2H3,(H,8,9). The van der Waals surface area contributed by atoms with Gasteiger partial charge in [0, 0.05) is 14.2 Å². The zero-order valence-corrected chi connectivity index (χ0v) is 6.27. The quantitative estimate of drug-likeness (QED) is 0.349. The number of carbonyl (C=O) groups is 1. The molecule has 0 spiro atoms. The van der Waals surface area contributed by atoms with Crippen molar-refractivity contribution in [1.82, 2.24) is 0 Å². The van der Waals surface area contributed by atoms with E-state index >= 15 is 0 Å². The van der Waals surface area contributed by atoms with Gasteiger partial charge in [0.25, 0.3) is 0 Å². The molecule has 0 aliphatic heterocycles. The first-order valence-electron chi connectivity index (χ1n) is 2.80. The fraction of sp³-hybridized carbons (Fsp3) is 0.500. The minimum absolute atomic E-state index is 0.338. The molecule has 0 aromatic carbocycles. The van der Waals surface area contributed by atoms with Crippen molar-refractivity contribution in [3.05, 3.63) is 11.8 Å². The van der Waals surface area contributed by atoms with Gasteiger partial charge >= 0.3 is 5.97 Å². The Morgan fingerprint density at radius 2 is 1.91 bits per heavy atom. The van der Waals surface area contributed by atoms with E-state index in [0.717, 1.165) is 0 Å². The number of aliphatic hydroxyl groups is 1. The molecular formula is C6H10O5. The van der Waals surface area contributed by atoms with Gasteiger partial charge in [0.15, 0.2) is 6.29 Å². The third-order valence-electron chi connectivity index (χ3n) is 1.07. The van der Waals surface area contributed by atoms with Crippen LogP contribution in [0.25, 0.3) is 0 Å². The summed E-state index contributed by atoms with van der Waals surface area (Å²) in [4.78, 5) is 10.3. The summed E-state index contributed by atoms with van der Waals surface area (Å²) >= 11 is 0. The first-order chi connectivity index (χ1) is 5.17. The van der Waals surface area contributed by atoms with Crippen molar-refractivity contribution in [2.45, 2.75) is 6.29 Å². The predicted octanol–water partition coefficient (Wildman–Crippen LogP) is 0.132. The molecule has 0 saturated carbocycles. The van der Waals surface area contributed by atoms with Crippen LogP contribution in [0.1, 0.15) is 0 Å². The molecule has 0 atom stereocenters. The predicted molar refractivity (Wildman–Crippen MR) is 36.2 cm³/mol. The van der Waals surface area contributed by atoms with Gasteiger partial charge in [-0.3, -0.25) is 0 Å². The fourth-order valence-electron chi connectivity index (χ4n) is 0.567. The van der Waals surface area contributed by atoms with Crippen LogP contribution in [0.5, 0.6) is 0 Å². The highest BCUT2D eigenvalue weighted by Crippen LogP contribution is 2.05. The first-order valence-corrected chi connectivity index (χ1v) is 2.80. The lowest BCUT2D eigenvalue weighted by molar-refractivity contribution is -0.140. The van der Waals surface area contributed by atoms with Crippen LogP contribution in [-0.4, -0.2) is 36.7 Å². The topological polar surface area (TPSA) is 76.0 Å². The van der Waals surface area contributed by atoms with Gasteiger partial charge in [-0.1, -0.05) is 0 Å². The Hall–Kier alpha value is -1.07. The number of ether oxygens (including phenoxy) is 2. The van der Waals surface area contributed by atoms with Gasteiger partial charge in [-0.15, -0.1) is 0 Å². The van der Waals surface area contributed by atoms with Crippen molar-refractivity contribution in [1.29, 1.82) is 0 Å². The molecule has 0 unspecified atom stereocenters. The number of carboxylic acid groups (broad SMARTS) is 1. The van der Waals surface area contributed by atoms with Crippen LogP contribution in [0.4, 0.5) is 0 Å². The van der Waals surface area contributed by atoms with E-state index in [-0.39, 0.29) is 5.57 Å². The highest BCUT2D eigenvalue weighted by atomic mass is 16.7. The van der Waals surface area contributed by atoms with Gasteiger partial charge in [-0.25, -0.2) is 4.79 Å². The summed E-state index contributed by atoms with van der Waals surface area (Å²) in [6, 6.07) is 0. The van der Waals surface area contributed by atoms with Crippen LogP contribution in [0.2, 0.25) is 0 Å². The number of hydrogen-bond acceptors (Lipinski definition) is 4. The third kappa shape index (κ3) is 2.57. The second-order valence-electron chi connectivity index (χ2n) is 1.69. The van der Waals surface area contributed by atoms with E-state index in [2.05, 4.69) is 9.47 Å². The summed E-state index contributed by atoms with van der Waals surface area (Å²) in [6.45, 7) is 0. The summed E-state index contributed by atoms with van der Waals surface area (Å²) in [7, 11) is 2.56. The molecule has 5 heteroatoms. The molecule has 0 rings (SSSR count). The average molecular weight is 162 g/mol. The minimum atomic E-state index is -1.28. The SMILES string of the molecule is COC(OC)C(=CO)C(=O)O. The van der Waals surface area contributed by atoms with Crippen molar-refractivity contribution in [3.63, 3.8) is 0 Å². The molecule has 0 fully saturated rings. The maximum atomic E-state index is 10.3. The maximum Gasteiger partial charge on any atom is 0.339 e. The van der Waals surface area contributed by atoms with E-state index in [0.29, 0.717) is 6.26 Å². The number of aliphatic carboxylic acids is 1. The molecule has 0 radical (unpaired) electrons. The summed E-state index contributed by atoms with van der Waals surface area (Å²) in [5.41, 5.74) is -0.338. The van der Waals surface area contributed by atoms with E-state index in [9.17, 15) is 4.79 Å². The van der Waals surface area contributed by atoms with Crippen LogP contribution in [-0.2, 0) is 14.3 Å². The van der Waals surface area contributed by atoms with E-state index in [4.69, 9.17) is 10.2 Å². The van der Waals surface area contributed by atoms with Crippen molar-refractivity contribution in [2.75, 3.05) is 14.2 Å². The molecule has 0 saturated heterocycles. The third-order valence-corrected chi connectivity index (χ3v) is 1.07. The van der Waals surface area contributed by atoms with Crippen LogP contribution < -0.4 is 0 Å². The zero-order valence-electron chi connectivity index (χ0n) is 6.27.